The fourth-order valence-electron chi connectivity index (χ4n) is 4.34. The summed E-state index contributed by atoms with van der Waals surface area (Å²) in [6, 6.07) is 0. The Hall–Kier alpha value is -0.770. The van der Waals surface area contributed by atoms with E-state index in [1.165, 1.54) is 6.42 Å². The normalized spacial score (nSPS) is 35.5. The fourth-order valence-corrected chi connectivity index (χ4v) is 4.34. The molecule has 0 spiro atoms. The SMILES string of the molecule is CC1CN(C(=O)OC(C)(C)C)CCC1C1(CN)CC1(C)C. The molecule has 1 heterocycles. The van der Waals surface area contributed by atoms with Gasteiger partial charge in [-0.3, -0.25) is 0 Å². The first-order chi connectivity index (χ1) is 9.52. The maximum Gasteiger partial charge on any atom is 0.410 e. The van der Waals surface area contributed by atoms with E-state index >= 15 is 0 Å². The van der Waals surface area contributed by atoms with Crippen LogP contribution in [-0.2, 0) is 4.74 Å². The Balaban J connectivity index is 1.99. The standard InChI is InChI=1S/C17H32N2O2/c1-12-9-19(14(20)21-15(2,3)4)8-7-13(12)17(11-18)10-16(17,5)6/h12-13H,7-11,18H2,1-6H3. The molecule has 0 radical (unpaired) electrons. The van der Waals surface area contributed by atoms with E-state index in [1.807, 2.05) is 25.7 Å². The first kappa shape index (κ1) is 16.6. The van der Waals surface area contributed by atoms with Crippen LogP contribution >= 0.6 is 0 Å². The van der Waals surface area contributed by atoms with Crippen molar-refractivity contribution in [3.8, 4) is 0 Å². The molecule has 2 aliphatic rings. The van der Waals surface area contributed by atoms with E-state index in [4.69, 9.17) is 10.5 Å². The number of hydrogen-bond acceptors (Lipinski definition) is 3. The Bertz CT molecular complexity index is 414. The van der Waals surface area contributed by atoms with Crippen molar-refractivity contribution in [1.29, 1.82) is 0 Å². The van der Waals surface area contributed by atoms with Crippen molar-refractivity contribution in [3.05, 3.63) is 0 Å². The highest BCUT2D eigenvalue weighted by molar-refractivity contribution is 5.68. The van der Waals surface area contributed by atoms with Crippen LogP contribution in [-0.4, -0.2) is 36.2 Å². The van der Waals surface area contributed by atoms with Crippen molar-refractivity contribution in [2.45, 2.75) is 60.0 Å². The van der Waals surface area contributed by atoms with Gasteiger partial charge in [-0.2, -0.15) is 0 Å². The van der Waals surface area contributed by atoms with Crippen molar-refractivity contribution in [2.75, 3.05) is 19.6 Å². The third-order valence-corrected chi connectivity index (χ3v) is 5.61. The number of nitrogens with zero attached hydrogens (tertiary/aromatic N) is 1. The minimum absolute atomic E-state index is 0.176. The minimum atomic E-state index is -0.422. The summed E-state index contributed by atoms with van der Waals surface area (Å²) in [4.78, 5) is 14.1. The van der Waals surface area contributed by atoms with E-state index in [0.29, 0.717) is 17.3 Å². The van der Waals surface area contributed by atoms with Crippen molar-refractivity contribution in [2.24, 2.45) is 28.4 Å². The van der Waals surface area contributed by atoms with Gasteiger partial charge in [-0.25, -0.2) is 4.79 Å². The highest BCUT2D eigenvalue weighted by atomic mass is 16.6. The number of ether oxygens (including phenoxy) is 1. The third-order valence-electron chi connectivity index (χ3n) is 5.61. The zero-order valence-corrected chi connectivity index (χ0v) is 14.5. The molecule has 1 amide bonds. The zero-order chi connectivity index (χ0) is 16.1. The quantitative estimate of drug-likeness (QED) is 0.851. The Morgan fingerprint density at radius 1 is 1.38 bits per heavy atom. The molecule has 2 N–H and O–H groups in total. The van der Waals surface area contributed by atoms with Crippen LogP contribution in [0.25, 0.3) is 0 Å². The van der Waals surface area contributed by atoms with Crippen molar-refractivity contribution in [1.82, 2.24) is 4.90 Å². The van der Waals surface area contributed by atoms with Crippen LogP contribution in [0.2, 0.25) is 0 Å². The summed E-state index contributed by atoms with van der Waals surface area (Å²) in [5.74, 6) is 1.10. The highest BCUT2D eigenvalue weighted by Gasteiger charge is 2.64. The summed E-state index contributed by atoms with van der Waals surface area (Å²) in [6.07, 6.45) is 2.09. The van der Waals surface area contributed by atoms with E-state index in [9.17, 15) is 4.79 Å². The molecule has 1 aliphatic heterocycles. The van der Waals surface area contributed by atoms with Crippen LogP contribution in [0.1, 0.15) is 54.4 Å². The second-order valence-corrected chi connectivity index (χ2v) is 8.72. The van der Waals surface area contributed by atoms with Crippen LogP contribution in [0.5, 0.6) is 0 Å². The maximum atomic E-state index is 12.2. The van der Waals surface area contributed by atoms with Crippen LogP contribution in [0.3, 0.4) is 0 Å². The Morgan fingerprint density at radius 3 is 2.33 bits per heavy atom. The molecule has 1 saturated heterocycles. The molecule has 0 aromatic carbocycles. The van der Waals surface area contributed by atoms with Gasteiger partial charge in [0.15, 0.2) is 0 Å². The lowest BCUT2D eigenvalue weighted by Gasteiger charge is -2.42. The number of rotatable bonds is 2. The van der Waals surface area contributed by atoms with Gasteiger partial charge in [-0.15, -0.1) is 0 Å². The summed E-state index contributed by atoms with van der Waals surface area (Å²) >= 11 is 0. The number of hydrogen-bond donors (Lipinski definition) is 1. The van der Waals surface area contributed by atoms with Gasteiger partial charge in [-0.05, 0) is 62.8 Å². The Kier molecular flexibility index (Phi) is 4.07. The lowest BCUT2D eigenvalue weighted by Crippen LogP contribution is -2.48. The van der Waals surface area contributed by atoms with E-state index < -0.39 is 5.60 Å². The van der Waals surface area contributed by atoms with Crippen LogP contribution < -0.4 is 5.73 Å². The first-order valence-electron chi connectivity index (χ1n) is 8.20. The molecule has 3 atom stereocenters. The molecular formula is C17H32N2O2. The molecular weight excluding hydrogens is 264 g/mol. The Labute approximate surface area is 129 Å². The number of carbonyl (C=O) groups is 1. The van der Waals surface area contributed by atoms with Gasteiger partial charge in [0, 0.05) is 13.1 Å². The molecule has 0 bridgehead atoms. The van der Waals surface area contributed by atoms with E-state index in [1.54, 1.807) is 0 Å². The van der Waals surface area contributed by atoms with E-state index in [2.05, 4.69) is 20.8 Å². The molecule has 4 heteroatoms. The zero-order valence-electron chi connectivity index (χ0n) is 14.5. The lowest BCUT2D eigenvalue weighted by atomic mass is 9.72. The molecule has 21 heavy (non-hydrogen) atoms. The highest BCUT2D eigenvalue weighted by Crippen LogP contribution is 2.69. The number of amides is 1. The molecule has 0 aromatic heterocycles. The molecule has 3 unspecified atom stereocenters. The van der Waals surface area contributed by atoms with Crippen molar-refractivity contribution < 1.29 is 9.53 Å². The molecule has 4 nitrogen and oxygen atoms in total. The predicted molar refractivity (Wildman–Crippen MR) is 85.0 cm³/mol. The van der Waals surface area contributed by atoms with Gasteiger partial charge in [-0.1, -0.05) is 20.8 Å². The van der Waals surface area contributed by atoms with Crippen molar-refractivity contribution in [3.63, 3.8) is 0 Å². The summed E-state index contributed by atoms with van der Waals surface area (Å²) in [6.45, 7) is 15.0. The topological polar surface area (TPSA) is 55.6 Å². The minimum Gasteiger partial charge on any atom is -0.444 e. The lowest BCUT2D eigenvalue weighted by molar-refractivity contribution is 0.00305. The molecule has 1 saturated carbocycles. The summed E-state index contributed by atoms with van der Waals surface area (Å²) < 4.78 is 5.49. The van der Waals surface area contributed by atoms with Gasteiger partial charge in [0.2, 0.25) is 0 Å². The van der Waals surface area contributed by atoms with Gasteiger partial charge in [0.05, 0.1) is 0 Å². The number of nitrogens with two attached hydrogens (primary N) is 1. The average Bonchev–Trinajstić information content (AvgIpc) is 2.90. The average molecular weight is 296 g/mol. The fraction of sp³-hybridized carbons (Fsp3) is 0.941. The summed E-state index contributed by atoms with van der Waals surface area (Å²) in [5, 5.41) is 0. The molecule has 122 valence electrons. The smallest absolute Gasteiger partial charge is 0.410 e. The summed E-state index contributed by atoms with van der Waals surface area (Å²) in [7, 11) is 0. The van der Waals surface area contributed by atoms with E-state index in [-0.39, 0.29) is 11.5 Å². The van der Waals surface area contributed by atoms with Crippen LogP contribution in [0, 0.1) is 22.7 Å². The molecule has 1 aliphatic carbocycles. The van der Waals surface area contributed by atoms with E-state index in [0.717, 1.165) is 26.1 Å². The van der Waals surface area contributed by atoms with Gasteiger partial charge in [0.1, 0.15) is 5.60 Å². The second-order valence-electron chi connectivity index (χ2n) is 8.72. The molecule has 0 aromatic rings. The predicted octanol–water partition coefficient (Wildman–Crippen LogP) is 3.25. The monoisotopic (exact) mass is 296 g/mol. The van der Waals surface area contributed by atoms with Gasteiger partial charge in [0.25, 0.3) is 0 Å². The van der Waals surface area contributed by atoms with Crippen LogP contribution in [0.4, 0.5) is 4.79 Å². The first-order valence-corrected chi connectivity index (χ1v) is 8.20. The number of likely N-dealkylation sites (tertiary alicyclic amines) is 1. The largest absolute Gasteiger partial charge is 0.444 e. The van der Waals surface area contributed by atoms with Gasteiger partial charge >= 0.3 is 6.09 Å². The number of carbonyl (C=O) groups excluding carboxylic acids is 1. The number of piperidine rings is 1. The molecule has 2 fully saturated rings. The second kappa shape index (κ2) is 5.15. The maximum absolute atomic E-state index is 12.2. The van der Waals surface area contributed by atoms with Crippen molar-refractivity contribution >= 4 is 6.09 Å². The Morgan fingerprint density at radius 2 is 1.95 bits per heavy atom. The van der Waals surface area contributed by atoms with Gasteiger partial charge < -0.3 is 15.4 Å². The molecule has 2 rings (SSSR count). The third kappa shape index (κ3) is 3.05. The van der Waals surface area contributed by atoms with Crippen LogP contribution in [0.15, 0.2) is 0 Å². The summed E-state index contributed by atoms with van der Waals surface area (Å²) in [5.41, 5.74) is 6.33.